The summed E-state index contributed by atoms with van der Waals surface area (Å²) in [5, 5.41) is 12.6. The molecule has 0 saturated heterocycles. The standard InChI is InChI=1S/C11H9BrN2O5/c1-17-8-3-6(11(15)16)2-7(12)10(8)18-4-9-13-5-19-14-9/h2-3,5H,4H2,1H3,(H,15,16). The van der Waals surface area contributed by atoms with E-state index in [1.807, 2.05) is 0 Å². The summed E-state index contributed by atoms with van der Waals surface area (Å²) in [5.74, 6) is -0.00690. The third-order valence-corrected chi connectivity index (χ3v) is 2.82. The Morgan fingerprint density at radius 3 is 2.89 bits per heavy atom. The van der Waals surface area contributed by atoms with Crippen LogP contribution in [0.3, 0.4) is 0 Å². The first-order valence-electron chi connectivity index (χ1n) is 5.10. The summed E-state index contributed by atoms with van der Waals surface area (Å²) >= 11 is 3.24. The topological polar surface area (TPSA) is 94.7 Å². The lowest BCUT2D eigenvalue weighted by Gasteiger charge is -2.12. The summed E-state index contributed by atoms with van der Waals surface area (Å²) in [7, 11) is 1.43. The predicted molar refractivity (Wildman–Crippen MR) is 66.3 cm³/mol. The Labute approximate surface area is 116 Å². The number of aromatic carboxylic acids is 1. The fourth-order valence-electron chi connectivity index (χ4n) is 1.38. The van der Waals surface area contributed by atoms with Crippen molar-refractivity contribution in [1.29, 1.82) is 0 Å². The van der Waals surface area contributed by atoms with Gasteiger partial charge < -0.3 is 19.1 Å². The van der Waals surface area contributed by atoms with E-state index in [9.17, 15) is 4.79 Å². The molecule has 1 aromatic heterocycles. The Bertz CT molecular complexity index is 585. The molecule has 0 atom stereocenters. The van der Waals surface area contributed by atoms with Crippen molar-refractivity contribution in [3.05, 3.63) is 34.4 Å². The lowest BCUT2D eigenvalue weighted by molar-refractivity contribution is 0.0696. The van der Waals surface area contributed by atoms with E-state index >= 15 is 0 Å². The molecule has 0 bridgehead atoms. The van der Waals surface area contributed by atoms with Crippen LogP contribution in [-0.2, 0) is 6.61 Å². The van der Waals surface area contributed by atoms with Crippen molar-refractivity contribution in [2.45, 2.75) is 6.61 Å². The van der Waals surface area contributed by atoms with Gasteiger partial charge in [-0.05, 0) is 28.1 Å². The summed E-state index contributed by atoms with van der Waals surface area (Å²) in [4.78, 5) is 14.7. The Kier molecular flexibility index (Phi) is 4.00. The number of hydrogen-bond donors (Lipinski definition) is 1. The monoisotopic (exact) mass is 328 g/mol. The molecular formula is C11H9BrN2O5. The maximum atomic E-state index is 10.9. The van der Waals surface area contributed by atoms with Gasteiger partial charge in [-0.3, -0.25) is 0 Å². The molecule has 0 saturated carbocycles. The number of rotatable bonds is 5. The van der Waals surface area contributed by atoms with Crippen molar-refractivity contribution in [2.24, 2.45) is 0 Å². The zero-order valence-corrected chi connectivity index (χ0v) is 11.4. The van der Waals surface area contributed by atoms with E-state index in [0.717, 1.165) is 0 Å². The average Bonchev–Trinajstić information content (AvgIpc) is 2.89. The molecule has 0 amide bonds. The Morgan fingerprint density at radius 1 is 1.53 bits per heavy atom. The van der Waals surface area contributed by atoms with E-state index in [1.54, 1.807) is 0 Å². The molecule has 8 heteroatoms. The normalized spacial score (nSPS) is 10.2. The third kappa shape index (κ3) is 3.02. The summed E-state index contributed by atoms with van der Waals surface area (Å²) in [6.45, 7) is 0.0812. The van der Waals surface area contributed by atoms with E-state index in [1.165, 1.54) is 25.6 Å². The highest BCUT2D eigenvalue weighted by atomic mass is 79.9. The number of ether oxygens (including phenoxy) is 2. The van der Waals surface area contributed by atoms with Crippen LogP contribution in [0.4, 0.5) is 0 Å². The molecule has 1 aromatic carbocycles. The van der Waals surface area contributed by atoms with Crippen LogP contribution in [0.15, 0.2) is 27.5 Å². The van der Waals surface area contributed by atoms with Crippen molar-refractivity contribution >= 4 is 21.9 Å². The number of benzene rings is 1. The van der Waals surface area contributed by atoms with E-state index < -0.39 is 5.97 Å². The number of aromatic nitrogens is 2. The van der Waals surface area contributed by atoms with Crippen molar-refractivity contribution in [1.82, 2.24) is 10.1 Å². The first-order valence-corrected chi connectivity index (χ1v) is 5.90. The Balaban J connectivity index is 2.26. The summed E-state index contributed by atoms with van der Waals surface area (Å²) in [5.41, 5.74) is 0.0932. The molecule has 19 heavy (non-hydrogen) atoms. The SMILES string of the molecule is COc1cc(C(=O)O)cc(Br)c1OCc1ncon1. The molecule has 1 N–H and O–H groups in total. The molecule has 2 aromatic rings. The number of carboxylic acids is 1. The van der Waals surface area contributed by atoms with Crippen LogP contribution in [0, 0.1) is 0 Å². The minimum atomic E-state index is -1.05. The lowest BCUT2D eigenvalue weighted by atomic mass is 10.2. The van der Waals surface area contributed by atoms with Crippen molar-refractivity contribution in [3.63, 3.8) is 0 Å². The van der Waals surface area contributed by atoms with E-state index in [2.05, 4.69) is 30.6 Å². The first kappa shape index (κ1) is 13.3. The lowest BCUT2D eigenvalue weighted by Crippen LogP contribution is -2.03. The van der Waals surface area contributed by atoms with Gasteiger partial charge in [0.1, 0.15) is 0 Å². The smallest absolute Gasteiger partial charge is 0.335 e. The van der Waals surface area contributed by atoms with Crippen LogP contribution in [0.5, 0.6) is 11.5 Å². The van der Waals surface area contributed by atoms with Crippen LogP contribution >= 0.6 is 15.9 Å². The second-order valence-electron chi connectivity index (χ2n) is 3.43. The third-order valence-electron chi connectivity index (χ3n) is 2.23. The fourth-order valence-corrected chi connectivity index (χ4v) is 1.93. The Morgan fingerprint density at radius 2 is 2.32 bits per heavy atom. The van der Waals surface area contributed by atoms with E-state index in [0.29, 0.717) is 21.8 Å². The van der Waals surface area contributed by atoms with Crippen LogP contribution in [0.25, 0.3) is 0 Å². The van der Waals surface area contributed by atoms with Gasteiger partial charge in [0, 0.05) is 0 Å². The maximum absolute atomic E-state index is 10.9. The van der Waals surface area contributed by atoms with Gasteiger partial charge >= 0.3 is 5.97 Å². The number of hydrogen-bond acceptors (Lipinski definition) is 6. The number of methoxy groups -OCH3 is 1. The summed E-state index contributed by atoms with van der Waals surface area (Å²) in [6, 6.07) is 2.80. The van der Waals surface area contributed by atoms with Crippen LogP contribution < -0.4 is 9.47 Å². The van der Waals surface area contributed by atoms with Gasteiger partial charge in [-0.25, -0.2) is 4.79 Å². The maximum Gasteiger partial charge on any atom is 0.335 e. The van der Waals surface area contributed by atoms with Gasteiger partial charge in [-0.2, -0.15) is 4.98 Å². The number of carbonyl (C=O) groups is 1. The van der Waals surface area contributed by atoms with Crippen molar-refractivity contribution in [3.8, 4) is 11.5 Å². The molecule has 100 valence electrons. The van der Waals surface area contributed by atoms with Crippen molar-refractivity contribution < 1.29 is 23.9 Å². The summed E-state index contributed by atoms with van der Waals surface area (Å²) < 4.78 is 15.6. The zero-order chi connectivity index (χ0) is 13.8. The highest BCUT2D eigenvalue weighted by Crippen LogP contribution is 2.37. The predicted octanol–water partition coefficient (Wildman–Crippen LogP) is 2.12. The van der Waals surface area contributed by atoms with Crippen LogP contribution in [-0.4, -0.2) is 28.3 Å². The van der Waals surface area contributed by atoms with Gasteiger partial charge in [0.15, 0.2) is 18.1 Å². The molecule has 0 aliphatic heterocycles. The summed E-state index contributed by atoms with van der Waals surface area (Å²) in [6.07, 6.45) is 1.19. The second-order valence-corrected chi connectivity index (χ2v) is 4.29. The van der Waals surface area contributed by atoms with Gasteiger partial charge in [-0.1, -0.05) is 5.16 Å². The molecule has 0 fully saturated rings. The molecular weight excluding hydrogens is 320 g/mol. The molecule has 0 aliphatic rings. The van der Waals surface area contributed by atoms with Crippen LogP contribution in [0.1, 0.15) is 16.2 Å². The molecule has 7 nitrogen and oxygen atoms in total. The molecule has 0 unspecified atom stereocenters. The fraction of sp³-hybridized carbons (Fsp3) is 0.182. The van der Waals surface area contributed by atoms with Gasteiger partial charge in [0.05, 0.1) is 17.1 Å². The molecule has 0 aliphatic carbocycles. The molecule has 0 spiro atoms. The molecule has 2 rings (SSSR count). The quantitative estimate of drug-likeness (QED) is 0.898. The van der Waals surface area contributed by atoms with Crippen molar-refractivity contribution in [2.75, 3.05) is 7.11 Å². The minimum Gasteiger partial charge on any atom is -0.493 e. The van der Waals surface area contributed by atoms with Gasteiger partial charge in [-0.15, -0.1) is 0 Å². The van der Waals surface area contributed by atoms with E-state index in [-0.39, 0.29) is 12.2 Å². The van der Waals surface area contributed by atoms with Gasteiger partial charge in [0.2, 0.25) is 12.2 Å². The van der Waals surface area contributed by atoms with Crippen LogP contribution in [0.2, 0.25) is 0 Å². The number of nitrogens with zero attached hydrogens (tertiary/aromatic N) is 2. The minimum absolute atomic E-state index is 0.0812. The molecule has 0 radical (unpaired) electrons. The number of carboxylic acid groups (broad SMARTS) is 1. The highest BCUT2D eigenvalue weighted by molar-refractivity contribution is 9.10. The average molecular weight is 329 g/mol. The largest absolute Gasteiger partial charge is 0.493 e. The van der Waals surface area contributed by atoms with Gasteiger partial charge in [0.25, 0.3) is 0 Å². The van der Waals surface area contributed by atoms with E-state index in [4.69, 9.17) is 14.6 Å². The molecule has 1 heterocycles. The zero-order valence-electron chi connectivity index (χ0n) is 9.79. The second kappa shape index (κ2) is 5.70. The Hall–Kier alpha value is -2.09. The first-order chi connectivity index (χ1) is 9.11. The number of halogens is 1. The highest BCUT2D eigenvalue weighted by Gasteiger charge is 2.15.